The van der Waals surface area contributed by atoms with E-state index in [9.17, 15) is 10.1 Å². The zero-order chi connectivity index (χ0) is 21.4. The van der Waals surface area contributed by atoms with Crippen LogP contribution in [0.5, 0.6) is 5.75 Å². The molecule has 0 saturated heterocycles. The first-order valence-electron chi connectivity index (χ1n) is 8.54. The molecular weight excluding hydrogens is 382 g/mol. The number of carbonyl (C=O) groups is 2. The Labute approximate surface area is 165 Å². The Hall–Kier alpha value is -3.95. The van der Waals surface area contributed by atoms with Gasteiger partial charge in [-0.1, -0.05) is 30.3 Å². The van der Waals surface area contributed by atoms with Gasteiger partial charge in [-0.05, 0) is 18.6 Å². The quantitative estimate of drug-likeness (QED) is 0.392. The van der Waals surface area contributed by atoms with Crippen LogP contribution in [0.15, 0.2) is 53.5 Å². The summed E-state index contributed by atoms with van der Waals surface area (Å²) in [5.41, 5.74) is 1.64. The van der Waals surface area contributed by atoms with Gasteiger partial charge in [0.1, 0.15) is 11.6 Å². The van der Waals surface area contributed by atoms with Crippen molar-refractivity contribution in [1.82, 2.24) is 5.32 Å². The van der Waals surface area contributed by atoms with Gasteiger partial charge in [-0.2, -0.15) is 0 Å². The van der Waals surface area contributed by atoms with Gasteiger partial charge in [0.2, 0.25) is 0 Å². The fourth-order valence-electron chi connectivity index (χ4n) is 2.53. The van der Waals surface area contributed by atoms with E-state index in [0.717, 1.165) is 30.1 Å². The number of ether oxygens (including phenoxy) is 1. The third-order valence-electron chi connectivity index (χ3n) is 3.83. The van der Waals surface area contributed by atoms with Crippen LogP contribution >= 0.6 is 0 Å². The number of benzene rings is 2. The van der Waals surface area contributed by atoms with Crippen molar-refractivity contribution in [1.29, 1.82) is 0 Å². The summed E-state index contributed by atoms with van der Waals surface area (Å²) in [6.45, 7) is 3.52. The van der Waals surface area contributed by atoms with E-state index >= 15 is 0 Å². The Morgan fingerprint density at radius 3 is 2.45 bits per heavy atom. The van der Waals surface area contributed by atoms with E-state index in [-0.39, 0.29) is 11.8 Å². The van der Waals surface area contributed by atoms with Gasteiger partial charge in [0, 0.05) is 24.2 Å². The Bertz CT molecular complexity index is 931. The van der Waals surface area contributed by atoms with E-state index in [0.29, 0.717) is 5.75 Å². The van der Waals surface area contributed by atoms with Crippen molar-refractivity contribution < 1.29 is 29.5 Å². The molecule has 10 heteroatoms. The highest BCUT2D eigenvalue weighted by Crippen LogP contribution is 2.32. The van der Waals surface area contributed by atoms with Crippen molar-refractivity contribution >= 4 is 23.5 Å². The molecule has 1 atom stereocenters. The van der Waals surface area contributed by atoms with Crippen LogP contribution in [-0.4, -0.2) is 52.1 Å². The zero-order valence-electron chi connectivity index (χ0n) is 15.4. The molecule has 2 aromatic rings. The van der Waals surface area contributed by atoms with Crippen LogP contribution in [0, 0.1) is 10.1 Å². The number of non-ortho nitro benzene ring substituents is 1. The van der Waals surface area contributed by atoms with Crippen LogP contribution in [0.3, 0.4) is 0 Å². The molecule has 0 amide bonds. The number of aliphatic carboxylic acids is 2. The van der Waals surface area contributed by atoms with E-state index in [1.807, 2.05) is 37.3 Å². The maximum atomic E-state index is 11.0. The van der Waals surface area contributed by atoms with Crippen LogP contribution in [0.2, 0.25) is 0 Å². The van der Waals surface area contributed by atoms with Crippen LogP contribution in [0.1, 0.15) is 6.92 Å². The third kappa shape index (κ3) is 6.03. The van der Waals surface area contributed by atoms with E-state index in [1.54, 1.807) is 12.1 Å². The summed E-state index contributed by atoms with van der Waals surface area (Å²) in [5.74, 6) is -2.14. The van der Waals surface area contributed by atoms with Crippen molar-refractivity contribution in [2.24, 2.45) is 4.99 Å². The fourth-order valence-corrected chi connectivity index (χ4v) is 2.53. The standard InChI is InChI=1S/C17H17N3O3.C2H2O4/c1-12(17-18-9-10-19-17)23-16-8-3-2-7-15(16)13-5-4-6-14(11-13)20(21)22;3-1(4)2(5)6/h2-8,11-12H,9-10H2,1H3,(H,18,19);(H,3,4)(H,5,6). The Kier molecular flexibility index (Phi) is 7.24. The van der Waals surface area contributed by atoms with Crippen LogP contribution in [0.25, 0.3) is 11.1 Å². The molecule has 1 aliphatic heterocycles. The number of nitrogens with one attached hydrogen (secondary N) is 1. The number of hydrogen-bond acceptors (Lipinski definition) is 7. The number of nitro groups is 1. The molecule has 0 bridgehead atoms. The average molecular weight is 401 g/mol. The van der Waals surface area contributed by atoms with E-state index in [2.05, 4.69) is 10.3 Å². The fraction of sp³-hybridized carbons (Fsp3) is 0.211. The smallest absolute Gasteiger partial charge is 0.414 e. The first-order chi connectivity index (χ1) is 13.8. The summed E-state index contributed by atoms with van der Waals surface area (Å²) < 4.78 is 6.02. The normalized spacial score (nSPS) is 13.2. The predicted octanol–water partition coefficient (Wildman–Crippen LogP) is 2.19. The summed E-state index contributed by atoms with van der Waals surface area (Å²) in [6, 6.07) is 14.1. The lowest BCUT2D eigenvalue weighted by Gasteiger charge is -2.18. The SMILES string of the molecule is CC(Oc1ccccc1-c1cccc([N+](=O)[O-])c1)C1=NCCN1.O=C(O)C(=O)O. The lowest BCUT2D eigenvalue weighted by atomic mass is 10.0. The molecule has 0 fully saturated rings. The molecule has 3 rings (SSSR count). The highest BCUT2D eigenvalue weighted by Gasteiger charge is 2.18. The van der Waals surface area contributed by atoms with Crippen molar-refractivity contribution in [3.8, 4) is 16.9 Å². The molecule has 0 aromatic heterocycles. The number of para-hydroxylation sites is 1. The van der Waals surface area contributed by atoms with Crippen molar-refractivity contribution in [2.75, 3.05) is 13.1 Å². The zero-order valence-corrected chi connectivity index (χ0v) is 15.4. The molecule has 0 radical (unpaired) electrons. The molecule has 2 aromatic carbocycles. The van der Waals surface area contributed by atoms with Gasteiger partial charge in [0.15, 0.2) is 6.10 Å². The molecule has 1 heterocycles. The van der Waals surface area contributed by atoms with E-state index < -0.39 is 16.9 Å². The molecule has 1 aliphatic rings. The van der Waals surface area contributed by atoms with Gasteiger partial charge in [-0.25, -0.2) is 9.59 Å². The highest BCUT2D eigenvalue weighted by atomic mass is 16.6. The Morgan fingerprint density at radius 1 is 1.17 bits per heavy atom. The van der Waals surface area contributed by atoms with Gasteiger partial charge >= 0.3 is 11.9 Å². The maximum Gasteiger partial charge on any atom is 0.414 e. The molecule has 29 heavy (non-hydrogen) atoms. The number of carboxylic acid groups (broad SMARTS) is 2. The van der Waals surface area contributed by atoms with Gasteiger partial charge in [-0.3, -0.25) is 15.1 Å². The maximum absolute atomic E-state index is 11.0. The van der Waals surface area contributed by atoms with Crippen LogP contribution in [-0.2, 0) is 9.59 Å². The highest BCUT2D eigenvalue weighted by molar-refractivity contribution is 6.27. The third-order valence-corrected chi connectivity index (χ3v) is 3.83. The largest absolute Gasteiger partial charge is 0.482 e. The first-order valence-corrected chi connectivity index (χ1v) is 8.54. The summed E-state index contributed by atoms with van der Waals surface area (Å²) in [5, 5.41) is 28.9. The van der Waals surface area contributed by atoms with Gasteiger partial charge in [0.05, 0.1) is 11.5 Å². The van der Waals surface area contributed by atoms with Gasteiger partial charge < -0.3 is 20.3 Å². The number of rotatable bonds is 5. The lowest BCUT2D eigenvalue weighted by molar-refractivity contribution is -0.384. The number of aliphatic imine (C=N–C) groups is 1. The monoisotopic (exact) mass is 401 g/mol. The average Bonchev–Trinajstić information content (AvgIpc) is 3.24. The first kappa shape index (κ1) is 21.4. The summed E-state index contributed by atoms with van der Waals surface area (Å²) >= 11 is 0. The number of hydrogen-bond donors (Lipinski definition) is 3. The minimum atomic E-state index is -1.82. The van der Waals surface area contributed by atoms with Crippen LogP contribution in [0.4, 0.5) is 5.69 Å². The molecular formula is C19H19N3O7. The molecule has 0 spiro atoms. The molecule has 0 aliphatic carbocycles. The molecule has 0 saturated carbocycles. The summed E-state index contributed by atoms with van der Waals surface area (Å²) in [7, 11) is 0. The topological polar surface area (TPSA) is 151 Å². The van der Waals surface area contributed by atoms with E-state index in [4.69, 9.17) is 24.5 Å². The van der Waals surface area contributed by atoms with Crippen molar-refractivity contribution in [2.45, 2.75) is 13.0 Å². The second kappa shape index (κ2) is 9.83. The minimum Gasteiger partial charge on any atom is -0.482 e. The molecule has 10 nitrogen and oxygen atoms in total. The summed E-state index contributed by atoms with van der Waals surface area (Å²) in [4.78, 5) is 33.1. The van der Waals surface area contributed by atoms with Gasteiger partial charge in [-0.15, -0.1) is 0 Å². The van der Waals surface area contributed by atoms with Crippen LogP contribution < -0.4 is 10.1 Å². The second-order valence-electron chi connectivity index (χ2n) is 5.87. The Morgan fingerprint density at radius 2 is 1.86 bits per heavy atom. The number of amidine groups is 1. The molecule has 152 valence electrons. The van der Waals surface area contributed by atoms with Crippen molar-refractivity contribution in [3.05, 3.63) is 58.6 Å². The Balaban J connectivity index is 0.000000438. The minimum absolute atomic E-state index is 0.0622. The second-order valence-corrected chi connectivity index (χ2v) is 5.87. The summed E-state index contributed by atoms with van der Waals surface area (Å²) in [6.07, 6.45) is -0.197. The number of nitro benzene ring substituents is 1. The van der Waals surface area contributed by atoms with E-state index in [1.165, 1.54) is 6.07 Å². The molecule has 1 unspecified atom stereocenters. The molecule has 3 N–H and O–H groups in total. The number of carboxylic acids is 2. The van der Waals surface area contributed by atoms with Crippen molar-refractivity contribution in [3.63, 3.8) is 0 Å². The van der Waals surface area contributed by atoms with Gasteiger partial charge in [0.25, 0.3) is 5.69 Å². The lowest BCUT2D eigenvalue weighted by Crippen LogP contribution is -2.33. The number of nitrogens with zero attached hydrogens (tertiary/aromatic N) is 2. The predicted molar refractivity (Wildman–Crippen MR) is 104 cm³/mol.